The van der Waals surface area contributed by atoms with Crippen molar-refractivity contribution in [1.29, 1.82) is 0 Å². The zero-order valence-corrected chi connectivity index (χ0v) is 10.6. The molecule has 1 N–H and O–H groups in total. The molecule has 2 rings (SSSR count). The van der Waals surface area contributed by atoms with Gasteiger partial charge in [0.1, 0.15) is 5.82 Å². The second-order valence-electron chi connectivity index (χ2n) is 4.80. The lowest BCUT2D eigenvalue weighted by atomic mass is 10.1. The SMILES string of the molecule is CC(C(=O)O)c1cc2ccc(F)cc2n1C(C)C. The van der Waals surface area contributed by atoms with E-state index in [1.807, 2.05) is 24.5 Å². The molecule has 1 aromatic heterocycles. The molecule has 2 aromatic rings. The summed E-state index contributed by atoms with van der Waals surface area (Å²) < 4.78 is 15.2. The Morgan fingerprint density at radius 3 is 2.50 bits per heavy atom. The lowest BCUT2D eigenvalue weighted by Gasteiger charge is -2.17. The average Bonchev–Trinajstić information content (AvgIpc) is 2.65. The van der Waals surface area contributed by atoms with Crippen LogP contribution in [-0.2, 0) is 4.79 Å². The summed E-state index contributed by atoms with van der Waals surface area (Å²) in [6.45, 7) is 5.57. The van der Waals surface area contributed by atoms with Gasteiger partial charge < -0.3 is 9.67 Å². The summed E-state index contributed by atoms with van der Waals surface area (Å²) in [5, 5.41) is 10.0. The molecule has 0 saturated carbocycles. The zero-order chi connectivity index (χ0) is 13.4. The van der Waals surface area contributed by atoms with Crippen LogP contribution in [0.5, 0.6) is 0 Å². The van der Waals surface area contributed by atoms with E-state index in [0.717, 1.165) is 10.9 Å². The van der Waals surface area contributed by atoms with Crippen molar-refractivity contribution in [3.8, 4) is 0 Å². The van der Waals surface area contributed by atoms with Gasteiger partial charge in [0.05, 0.1) is 11.4 Å². The summed E-state index contributed by atoms with van der Waals surface area (Å²) in [6, 6.07) is 6.44. The van der Waals surface area contributed by atoms with E-state index in [1.165, 1.54) is 12.1 Å². The van der Waals surface area contributed by atoms with Gasteiger partial charge in [-0.15, -0.1) is 0 Å². The van der Waals surface area contributed by atoms with Gasteiger partial charge >= 0.3 is 5.97 Å². The monoisotopic (exact) mass is 249 g/mol. The van der Waals surface area contributed by atoms with Gasteiger partial charge in [-0.1, -0.05) is 0 Å². The Kier molecular flexibility index (Phi) is 3.11. The van der Waals surface area contributed by atoms with Crippen molar-refractivity contribution in [3.05, 3.63) is 35.8 Å². The van der Waals surface area contributed by atoms with E-state index in [1.54, 1.807) is 13.0 Å². The molecule has 0 spiro atoms. The van der Waals surface area contributed by atoms with Crippen molar-refractivity contribution in [2.24, 2.45) is 0 Å². The van der Waals surface area contributed by atoms with Crippen LogP contribution in [0.1, 0.15) is 38.4 Å². The molecule has 18 heavy (non-hydrogen) atoms. The first-order valence-electron chi connectivity index (χ1n) is 5.95. The van der Waals surface area contributed by atoms with Crippen LogP contribution in [0, 0.1) is 5.82 Å². The summed E-state index contributed by atoms with van der Waals surface area (Å²) in [4.78, 5) is 11.1. The van der Waals surface area contributed by atoms with Crippen LogP contribution >= 0.6 is 0 Å². The molecule has 0 radical (unpaired) electrons. The molecule has 1 heterocycles. The van der Waals surface area contributed by atoms with E-state index in [9.17, 15) is 9.18 Å². The highest BCUT2D eigenvalue weighted by Gasteiger charge is 2.21. The fraction of sp³-hybridized carbons (Fsp3) is 0.357. The number of aliphatic carboxylic acids is 1. The van der Waals surface area contributed by atoms with Crippen molar-refractivity contribution >= 4 is 16.9 Å². The summed E-state index contributed by atoms with van der Waals surface area (Å²) in [6.07, 6.45) is 0. The topological polar surface area (TPSA) is 42.2 Å². The third kappa shape index (κ3) is 1.98. The molecule has 0 aliphatic heterocycles. The highest BCUT2D eigenvalue weighted by atomic mass is 19.1. The molecule has 0 fully saturated rings. The van der Waals surface area contributed by atoms with Crippen LogP contribution in [-0.4, -0.2) is 15.6 Å². The molecular formula is C14H16FNO2. The lowest BCUT2D eigenvalue weighted by molar-refractivity contribution is -0.138. The predicted octanol–water partition coefficient (Wildman–Crippen LogP) is 3.55. The molecular weight excluding hydrogens is 233 g/mol. The van der Waals surface area contributed by atoms with Gasteiger partial charge in [0.25, 0.3) is 0 Å². The number of carboxylic acid groups (broad SMARTS) is 1. The second kappa shape index (κ2) is 4.44. The van der Waals surface area contributed by atoms with Crippen molar-refractivity contribution in [1.82, 2.24) is 4.57 Å². The van der Waals surface area contributed by atoms with E-state index < -0.39 is 11.9 Å². The molecule has 0 aliphatic rings. The molecule has 1 unspecified atom stereocenters. The molecule has 96 valence electrons. The highest BCUT2D eigenvalue weighted by Crippen LogP contribution is 2.29. The van der Waals surface area contributed by atoms with E-state index in [2.05, 4.69) is 0 Å². The summed E-state index contributed by atoms with van der Waals surface area (Å²) >= 11 is 0. The Balaban J connectivity index is 2.73. The van der Waals surface area contributed by atoms with Gasteiger partial charge in [-0.3, -0.25) is 4.79 Å². The number of carboxylic acids is 1. The first-order chi connectivity index (χ1) is 8.41. The number of hydrogen-bond donors (Lipinski definition) is 1. The fourth-order valence-corrected chi connectivity index (χ4v) is 2.25. The fourth-order valence-electron chi connectivity index (χ4n) is 2.25. The van der Waals surface area contributed by atoms with E-state index in [-0.39, 0.29) is 11.9 Å². The van der Waals surface area contributed by atoms with Crippen molar-refractivity contribution in [3.63, 3.8) is 0 Å². The van der Waals surface area contributed by atoms with Crippen molar-refractivity contribution in [2.75, 3.05) is 0 Å². The smallest absolute Gasteiger partial charge is 0.312 e. The molecule has 0 bridgehead atoms. The molecule has 3 nitrogen and oxygen atoms in total. The van der Waals surface area contributed by atoms with Crippen LogP contribution in [0.25, 0.3) is 10.9 Å². The standard InChI is InChI=1S/C14H16FNO2/c1-8(2)16-12(9(3)14(17)18)6-10-4-5-11(15)7-13(10)16/h4-9H,1-3H3,(H,17,18). The summed E-state index contributed by atoms with van der Waals surface area (Å²) in [7, 11) is 0. The van der Waals surface area contributed by atoms with Gasteiger partial charge in [-0.05, 0) is 45.0 Å². The van der Waals surface area contributed by atoms with Crippen molar-refractivity contribution in [2.45, 2.75) is 32.7 Å². The Hall–Kier alpha value is -1.84. The number of carbonyl (C=O) groups is 1. The Morgan fingerprint density at radius 2 is 1.94 bits per heavy atom. The van der Waals surface area contributed by atoms with Gasteiger partial charge in [-0.25, -0.2) is 4.39 Å². The molecule has 0 aliphatic carbocycles. The number of nitrogens with zero attached hydrogens (tertiary/aromatic N) is 1. The number of hydrogen-bond acceptors (Lipinski definition) is 1. The molecule has 0 amide bonds. The summed E-state index contributed by atoms with van der Waals surface area (Å²) in [5.74, 6) is -1.79. The zero-order valence-electron chi connectivity index (χ0n) is 10.6. The van der Waals surface area contributed by atoms with Gasteiger partial charge in [0, 0.05) is 17.1 Å². The van der Waals surface area contributed by atoms with Gasteiger partial charge in [0.15, 0.2) is 0 Å². The van der Waals surface area contributed by atoms with Crippen LogP contribution in [0.15, 0.2) is 24.3 Å². The minimum atomic E-state index is -0.875. The number of benzene rings is 1. The highest BCUT2D eigenvalue weighted by molar-refractivity contribution is 5.84. The van der Waals surface area contributed by atoms with Crippen LogP contribution < -0.4 is 0 Å². The van der Waals surface area contributed by atoms with E-state index in [4.69, 9.17) is 5.11 Å². The minimum absolute atomic E-state index is 0.0844. The number of rotatable bonds is 3. The number of fused-ring (bicyclic) bond motifs is 1. The number of aromatic nitrogens is 1. The first-order valence-corrected chi connectivity index (χ1v) is 5.95. The molecule has 0 saturated heterocycles. The predicted molar refractivity (Wildman–Crippen MR) is 68.3 cm³/mol. The van der Waals surface area contributed by atoms with Gasteiger partial charge in [-0.2, -0.15) is 0 Å². The maximum absolute atomic E-state index is 13.3. The third-order valence-corrected chi connectivity index (χ3v) is 3.16. The maximum atomic E-state index is 13.3. The van der Waals surface area contributed by atoms with Crippen LogP contribution in [0.2, 0.25) is 0 Å². The minimum Gasteiger partial charge on any atom is -0.481 e. The Bertz CT molecular complexity index is 601. The molecule has 1 atom stereocenters. The van der Waals surface area contributed by atoms with Gasteiger partial charge in [0.2, 0.25) is 0 Å². The van der Waals surface area contributed by atoms with Crippen LogP contribution in [0.3, 0.4) is 0 Å². The maximum Gasteiger partial charge on any atom is 0.312 e. The third-order valence-electron chi connectivity index (χ3n) is 3.16. The van der Waals surface area contributed by atoms with E-state index in [0.29, 0.717) is 5.69 Å². The molecule has 4 heteroatoms. The Morgan fingerprint density at radius 1 is 1.28 bits per heavy atom. The lowest BCUT2D eigenvalue weighted by Crippen LogP contribution is -2.14. The molecule has 1 aromatic carbocycles. The largest absolute Gasteiger partial charge is 0.481 e. The van der Waals surface area contributed by atoms with Crippen molar-refractivity contribution < 1.29 is 14.3 Å². The average molecular weight is 249 g/mol. The quantitative estimate of drug-likeness (QED) is 0.903. The second-order valence-corrected chi connectivity index (χ2v) is 4.80. The Labute approximate surface area is 105 Å². The number of halogens is 1. The van der Waals surface area contributed by atoms with E-state index >= 15 is 0 Å². The normalized spacial score (nSPS) is 13.2. The summed E-state index contributed by atoms with van der Waals surface area (Å²) in [5.41, 5.74) is 1.45. The first kappa shape index (κ1) is 12.6. The van der Waals surface area contributed by atoms with Crippen LogP contribution in [0.4, 0.5) is 4.39 Å².